The van der Waals surface area contributed by atoms with Crippen molar-refractivity contribution in [2.75, 3.05) is 13.2 Å². The first-order chi connectivity index (χ1) is 8.69. The number of nitrogens with one attached hydrogen (secondary N) is 1. The van der Waals surface area contributed by atoms with E-state index < -0.39 is 0 Å². The van der Waals surface area contributed by atoms with Gasteiger partial charge < -0.3 is 10.4 Å². The van der Waals surface area contributed by atoms with Crippen LogP contribution < -0.4 is 5.32 Å². The lowest BCUT2D eigenvalue weighted by atomic mass is 10.00. The second kappa shape index (κ2) is 6.05. The number of halogens is 1. The summed E-state index contributed by atoms with van der Waals surface area (Å²) >= 11 is 5.91. The van der Waals surface area contributed by atoms with Gasteiger partial charge in [0.2, 0.25) is 0 Å². The Morgan fingerprint density at radius 2 is 2.00 bits per heavy atom. The van der Waals surface area contributed by atoms with Gasteiger partial charge in [0.1, 0.15) is 0 Å². The summed E-state index contributed by atoms with van der Waals surface area (Å²) in [6, 6.07) is 8.46. The lowest BCUT2D eigenvalue weighted by Gasteiger charge is -2.22. The van der Waals surface area contributed by atoms with Gasteiger partial charge in [-0.25, -0.2) is 0 Å². The Hall–Kier alpha value is -0.570. The van der Waals surface area contributed by atoms with Crippen LogP contribution in [0.15, 0.2) is 24.3 Å². The van der Waals surface area contributed by atoms with E-state index in [0.717, 1.165) is 24.4 Å². The zero-order chi connectivity index (χ0) is 13.0. The maximum absolute atomic E-state index is 9.07. The highest BCUT2D eigenvalue weighted by atomic mass is 35.5. The van der Waals surface area contributed by atoms with E-state index in [-0.39, 0.29) is 0 Å². The number of hydrogen-bond donors (Lipinski definition) is 2. The van der Waals surface area contributed by atoms with Gasteiger partial charge in [0.15, 0.2) is 0 Å². The van der Waals surface area contributed by atoms with Gasteiger partial charge in [0, 0.05) is 24.2 Å². The van der Waals surface area contributed by atoms with Crippen molar-refractivity contribution in [1.82, 2.24) is 5.32 Å². The van der Waals surface area contributed by atoms with Crippen LogP contribution >= 0.6 is 11.6 Å². The highest BCUT2D eigenvalue weighted by molar-refractivity contribution is 6.30. The summed E-state index contributed by atoms with van der Waals surface area (Å²) in [6.07, 6.45) is 4.49. The Morgan fingerprint density at radius 3 is 2.50 bits per heavy atom. The van der Waals surface area contributed by atoms with Crippen molar-refractivity contribution >= 4 is 11.6 Å². The minimum absolute atomic E-state index is 0.305. The largest absolute Gasteiger partial charge is 0.396 e. The van der Waals surface area contributed by atoms with Crippen molar-refractivity contribution in [3.63, 3.8) is 0 Å². The van der Waals surface area contributed by atoms with Crippen LogP contribution in [-0.2, 0) is 0 Å². The molecule has 1 atom stereocenters. The number of hydrogen-bond acceptors (Lipinski definition) is 2. The van der Waals surface area contributed by atoms with Crippen LogP contribution in [0.25, 0.3) is 0 Å². The maximum Gasteiger partial charge on any atom is 0.0436 e. The third-order valence-corrected chi connectivity index (χ3v) is 4.26. The Bertz CT molecular complexity index is 373. The molecule has 0 amide bonds. The maximum atomic E-state index is 9.07. The first-order valence-corrected chi connectivity index (χ1v) is 7.17. The molecule has 1 unspecified atom stereocenters. The van der Waals surface area contributed by atoms with Gasteiger partial charge in [-0.3, -0.25) is 0 Å². The summed E-state index contributed by atoms with van der Waals surface area (Å²) in [5, 5.41) is 13.5. The molecule has 1 aliphatic carbocycles. The number of aliphatic hydroxyl groups is 1. The molecule has 1 aromatic carbocycles. The van der Waals surface area contributed by atoms with Crippen molar-refractivity contribution in [3.8, 4) is 0 Å². The van der Waals surface area contributed by atoms with Crippen LogP contribution in [0.5, 0.6) is 0 Å². The second-order valence-electron chi connectivity index (χ2n) is 5.37. The molecular formula is C15H22ClNO. The fourth-order valence-corrected chi connectivity index (χ4v) is 2.59. The van der Waals surface area contributed by atoms with Crippen molar-refractivity contribution in [3.05, 3.63) is 34.9 Å². The molecule has 0 bridgehead atoms. The fraction of sp³-hybridized carbons (Fsp3) is 0.600. The minimum Gasteiger partial charge on any atom is -0.396 e. The van der Waals surface area contributed by atoms with Gasteiger partial charge in [-0.15, -0.1) is 0 Å². The van der Waals surface area contributed by atoms with Crippen LogP contribution in [-0.4, -0.2) is 18.3 Å². The topological polar surface area (TPSA) is 32.3 Å². The molecule has 0 heterocycles. The molecular weight excluding hydrogens is 246 g/mol. The lowest BCUT2D eigenvalue weighted by Crippen LogP contribution is -2.28. The molecule has 2 N–H and O–H groups in total. The van der Waals surface area contributed by atoms with Gasteiger partial charge in [-0.05, 0) is 48.8 Å². The van der Waals surface area contributed by atoms with Gasteiger partial charge in [0.05, 0.1) is 0 Å². The number of rotatable bonds is 7. The van der Waals surface area contributed by atoms with Gasteiger partial charge >= 0.3 is 0 Å². The van der Waals surface area contributed by atoms with Gasteiger partial charge in [0.25, 0.3) is 0 Å². The smallest absolute Gasteiger partial charge is 0.0436 e. The molecule has 2 rings (SSSR count). The Kier molecular flexibility index (Phi) is 4.66. The molecule has 18 heavy (non-hydrogen) atoms. The fourth-order valence-electron chi connectivity index (χ4n) is 2.46. The molecule has 2 nitrogen and oxygen atoms in total. The van der Waals surface area contributed by atoms with E-state index in [0.29, 0.717) is 18.1 Å². The molecule has 1 aromatic rings. The summed E-state index contributed by atoms with van der Waals surface area (Å²) in [6.45, 7) is 3.51. The van der Waals surface area contributed by atoms with E-state index in [1.165, 1.54) is 18.4 Å². The molecule has 1 fully saturated rings. The van der Waals surface area contributed by atoms with E-state index in [1.807, 2.05) is 12.1 Å². The standard InChI is InChI=1S/C15H22ClNO/c1-2-14(12-3-5-13(16)6-4-12)17-11-15(7-8-15)9-10-18/h3-6,14,17-18H,2,7-11H2,1H3. The predicted molar refractivity (Wildman–Crippen MR) is 75.9 cm³/mol. The SMILES string of the molecule is CCC(NCC1(CCO)CC1)c1ccc(Cl)cc1. The zero-order valence-electron chi connectivity index (χ0n) is 11.0. The third-order valence-electron chi connectivity index (χ3n) is 4.00. The van der Waals surface area contributed by atoms with E-state index >= 15 is 0 Å². The zero-order valence-corrected chi connectivity index (χ0v) is 11.7. The first-order valence-electron chi connectivity index (χ1n) is 6.79. The van der Waals surface area contributed by atoms with E-state index in [2.05, 4.69) is 24.4 Å². The number of benzene rings is 1. The first kappa shape index (κ1) is 13.9. The lowest BCUT2D eigenvalue weighted by molar-refractivity contribution is 0.242. The molecule has 0 spiro atoms. The number of aliphatic hydroxyl groups excluding tert-OH is 1. The van der Waals surface area contributed by atoms with Crippen LogP contribution in [0.3, 0.4) is 0 Å². The molecule has 3 heteroatoms. The normalized spacial score (nSPS) is 18.6. The molecule has 1 saturated carbocycles. The van der Waals surface area contributed by atoms with Crippen molar-refractivity contribution < 1.29 is 5.11 Å². The average Bonchev–Trinajstić information content (AvgIpc) is 3.13. The summed E-state index contributed by atoms with van der Waals surface area (Å²) < 4.78 is 0. The highest BCUT2D eigenvalue weighted by Gasteiger charge is 2.41. The second-order valence-corrected chi connectivity index (χ2v) is 5.80. The summed E-state index contributed by atoms with van der Waals surface area (Å²) in [4.78, 5) is 0. The third kappa shape index (κ3) is 3.47. The summed E-state index contributed by atoms with van der Waals surface area (Å²) in [5.74, 6) is 0. The Balaban J connectivity index is 1.91. The average molecular weight is 268 g/mol. The minimum atomic E-state index is 0.305. The Morgan fingerprint density at radius 1 is 1.33 bits per heavy atom. The monoisotopic (exact) mass is 267 g/mol. The van der Waals surface area contributed by atoms with E-state index in [9.17, 15) is 0 Å². The molecule has 1 aliphatic rings. The predicted octanol–water partition coefficient (Wildman–Crippen LogP) is 3.54. The van der Waals surface area contributed by atoms with Gasteiger partial charge in [-0.2, -0.15) is 0 Å². The van der Waals surface area contributed by atoms with Crippen molar-refractivity contribution in [2.24, 2.45) is 5.41 Å². The van der Waals surface area contributed by atoms with Crippen LogP contribution in [0, 0.1) is 5.41 Å². The van der Waals surface area contributed by atoms with Crippen LogP contribution in [0.2, 0.25) is 5.02 Å². The van der Waals surface area contributed by atoms with E-state index in [4.69, 9.17) is 16.7 Å². The summed E-state index contributed by atoms with van der Waals surface area (Å²) in [7, 11) is 0. The molecule has 100 valence electrons. The van der Waals surface area contributed by atoms with E-state index in [1.54, 1.807) is 0 Å². The van der Waals surface area contributed by atoms with Crippen LogP contribution in [0.4, 0.5) is 0 Å². The van der Waals surface area contributed by atoms with Crippen LogP contribution in [0.1, 0.15) is 44.2 Å². The van der Waals surface area contributed by atoms with Gasteiger partial charge in [-0.1, -0.05) is 30.7 Å². The van der Waals surface area contributed by atoms with Crippen molar-refractivity contribution in [2.45, 2.75) is 38.6 Å². The Labute approximate surface area is 114 Å². The highest BCUT2D eigenvalue weighted by Crippen LogP contribution is 2.48. The molecule has 0 aromatic heterocycles. The molecule has 0 aliphatic heterocycles. The molecule has 0 saturated heterocycles. The van der Waals surface area contributed by atoms with Crippen molar-refractivity contribution in [1.29, 1.82) is 0 Å². The summed E-state index contributed by atoms with van der Waals surface area (Å²) in [5.41, 5.74) is 1.66. The quantitative estimate of drug-likeness (QED) is 0.792. The molecule has 0 radical (unpaired) electrons.